The smallest absolute Gasteiger partial charge is 0.238 e. The van der Waals surface area contributed by atoms with E-state index in [1.807, 2.05) is 0 Å². The van der Waals surface area contributed by atoms with Crippen LogP contribution < -0.4 is 5.32 Å². The highest BCUT2D eigenvalue weighted by atomic mass is 19.1. The van der Waals surface area contributed by atoms with Gasteiger partial charge in [0.1, 0.15) is 12.2 Å². The van der Waals surface area contributed by atoms with E-state index in [0.29, 0.717) is 5.56 Å². The number of amides is 1. The fraction of sp³-hybridized carbons (Fsp3) is 0.0625. The van der Waals surface area contributed by atoms with Gasteiger partial charge in [-0.25, -0.2) is 4.39 Å². The van der Waals surface area contributed by atoms with Crippen LogP contribution in [0.25, 0.3) is 0 Å². The van der Waals surface area contributed by atoms with Crippen molar-refractivity contribution in [2.75, 3.05) is 5.32 Å². The van der Waals surface area contributed by atoms with E-state index in [9.17, 15) is 14.0 Å². The first kappa shape index (κ1) is 14.4. The van der Waals surface area contributed by atoms with Crippen LogP contribution in [0.15, 0.2) is 48.5 Å². The molecule has 2 rings (SSSR count). The predicted octanol–water partition coefficient (Wildman–Crippen LogP) is 2.91. The van der Waals surface area contributed by atoms with Gasteiger partial charge in [-0.05, 0) is 18.2 Å². The number of carbonyl (C=O) groups excluding carboxylic acids is 2. The van der Waals surface area contributed by atoms with Gasteiger partial charge >= 0.3 is 0 Å². The SMILES string of the molecule is N#CCC(=O)Nc1ccc(F)cc1C(=O)c1ccccc1. The fourth-order valence-electron chi connectivity index (χ4n) is 1.82. The minimum Gasteiger partial charge on any atom is -0.324 e. The molecule has 0 saturated carbocycles. The minimum absolute atomic E-state index is 0.0486. The Labute approximate surface area is 120 Å². The molecule has 0 bridgehead atoms. The Hall–Kier alpha value is -3.00. The molecule has 0 spiro atoms. The van der Waals surface area contributed by atoms with E-state index in [0.717, 1.165) is 12.1 Å². The third-order valence-electron chi connectivity index (χ3n) is 2.78. The van der Waals surface area contributed by atoms with Crippen LogP contribution in [0.5, 0.6) is 0 Å². The Balaban J connectivity index is 2.38. The van der Waals surface area contributed by atoms with E-state index in [1.165, 1.54) is 6.07 Å². The number of rotatable bonds is 4. The molecule has 1 amide bonds. The van der Waals surface area contributed by atoms with Crippen molar-refractivity contribution >= 4 is 17.4 Å². The van der Waals surface area contributed by atoms with Crippen molar-refractivity contribution in [3.8, 4) is 6.07 Å². The van der Waals surface area contributed by atoms with E-state index in [4.69, 9.17) is 5.26 Å². The molecule has 0 atom stereocenters. The predicted molar refractivity (Wildman–Crippen MR) is 75.1 cm³/mol. The van der Waals surface area contributed by atoms with Gasteiger partial charge in [0.15, 0.2) is 5.78 Å². The molecule has 1 N–H and O–H groups in total. The lowest BCUT2D eigenvalue weighted by Gasteiger charge is -2.09. The molecule has 0 saturated heterocycles. The number of ketones is 1. The summed E-state index contributed by atoms with van der Waals surface area (Å²) < 4.78 is 13.4. The number of hydrogen-bond donors (Lipinski definition) is 1. The van der Waals surface area contributed by atoms with Gasteiger partial charge in [-0.1, -0.05) is 30.3 Å². The van der Waals surface area contributed by atoms with Gasteiger partial charge in [0.05, 0.1) is 11.8 Å². The number of nitrogens with one attached hydrogen (secondary N) is 1. The molecule has 5 heteroatoms. The summed E-state index contributed by atoms with van der Waals surface area (Å²) in [4.78, 5) is 23.8. The van der Waals surface area contributed by atoms with Crippen LogP contribution in [0.2, 0.25) is 0 Å². The summed E-state index contributed by atoms with van der Waals surface area (Å²) in [5.41, 5.74) is 0.622. The zero-order valence-electron chi connectivity index (χ0n) is 11.0. The molecule has 0 aliphatic rings. The minimum atomic E-state index is -0.576. The van der Waals surface area contributed by atoms with Crippen LogP contribution in [0, 0.1) is 17.1 Å². The van der Waals surface area contributed by atoms with E-state index >= 15 is 0 Å². The lowest BCUT2D eigenvalue weighted by Crippen LogP contribution is -2.14. The van der Waals surface area contributed by atoms with Crippen LogP contribution in [-0.4, -0.2) is 11.7 Å². The number of benzene rings is 2. The molecule has 0 unspecified atom stereocenters. The van der Waals surface area contributed by atoms with Crippen molar-refractivity contribution in [2.45, 2.75) is 6.42 Å². The largest absolute Gasteiger partial charge is 0.324 e. The van der Waals surface area contributed by atoms with Crippen LogP contribution in [0.4, 0.5) is 10.1 Å². The summed E-state index contributed by atoms with van der Waals surface area (Å²) in [7, 11) is 0. The van der Waals surface area contributed by atoms with Crippen molar-refractivity contribution in [3.63, 3.8) is 0 Å². The highest BCUT2D eigenvalue weighted by molar-refractivity contribution is 6.13. The van der Waals surface area contributed by atoms with Gasteiger partial charge < -0.3 is 5.32 Å². The molecule has 0 aliphatic heterocycles. The van der Waals surface area contributed by atoms with Gasteiger partial charge in [0.25, 0.3) is 0 Å². The summed E-state index contributed by atoms with van der Waals surface area (Å²) >= 11 is 0. The summed E-state index contributed by atoms with van der Waals surface area (Å²) in [6, 6.07) is 13.6. The Bertz CT molecular complexity index is 721. The van der Waals surface area contributed by atoms with Crippen molar-refractivity contribution < 1.29 is 14.0 Å². The van der Waals surface area contributed by atoms with Crippen molar-refractivity contribution in [1.29, 1.82) is 5.26 Å². The van der Waals surface area contributed by atoms with Crippen molar-refractivity contribution in [3.05, 3.63) is 65.5 Å². The highest BCUT2D eigenvalue weighted by Gasteiger charge is 2.16. The van der Waals surface area contributed by atoms with Crippen LogP contribution in [0.1, 0.15) is 22.3 Å². The zero-order chi connectivity index (χ0) is 15.2. The van der Waals surface area contributed by atoms with Crippen molar-refractivity contribution in [1.82, 2.24) is 0 Å². The second kappa shape index (κ2) is 6.44. The number of halogens is 1. The van der Waals surface area contributed by atoms with Gasteiger partial charge in [0.2, 0.25) is 5.91 Å². The molecule has 0 heterocycles. The Morgan fingerprint density at radius 3 is 2.52 bits per heavy atom. The Morgan fingerprint density at radius 2 is 1.86 bits per heavy atom. The molecule has 0 radical (unpaired) electrons. The third-order valence-corrected chi connectivity index (χ3v) is 2.78. The van der Waals surface area contributed by atoms with Gasteiger partial charge in [-0.15, -0.1) is 0 Å². The second-order valence-corrected chi connectivity index (χ2v) is 4.27. The number of anilines is 1. The van der Waals surface area contributed by atoms with Gasteiger partial charge in [0, 0.05) is 11.1 Å². The lowest BCUT2D eigenvalue weighted by molar-refractivity contribution is -0.115. The van der Waals surface area contributed by atoms with Crippen LogP contribution in [-0.2, 0) is 4.79 Å². The maximum absolute atomic E-state index is 13.4. The van der Waals surface area contributed by atoms with E-state index in [1.54, 1.807) is 36.4 Å². The van der Waals surface area contributed by atoms with Gasteiger partial charge in [-0.3, -0.25) is 9.59 Å². The fourth-order valence-corrected chi connectivity index (χ4v) is 1.82. The zero-order valence-corrected chi connectivity index (χ0v) is 11.0. The molecule has 0 fully saturated rings. The molecule has 4 nitrogen and oxygen atoms in total. The summed E-state index contributed by atoms with van der Waals surface area (Å²) in [6.45, 7) is 0. The average molecular weight is 282 g/mol. The van der Waals surface area contributed by atoms with Crippen LogP contribution >= 0.6 is 0 Å². The quantitative estimate of drug-likeness (QED) is 0.876. The maximum atomic E-state index is 13.4. The molecule has 0 aromatic heterocycles. The summed E-state index contributed by atoms with van der Waals surface area (Å²) in [5.74, 6) is -1.53. The molecule has 2 aromatic rings. The molecular formula is C16H11FN2O2. The lowest BCUT2D eigenvalue weighted by atomic mass is 10.0. The molecule has 2 aromatic carbocycles. The van der Waals surface area contributed by atoms with Crippen molar-refractivity contribution in [2.24, 2.45) is 0 Å². The maximum Gasteiger partial charge on any atom is 0.238 e. The number of carbonyl (C=O) groups is 2. The molecule has 0 aliphatic carbocycles. The normalized spacial score (nSPS) is 9.71. The van der Waals surface area contributed by atoms with Crippen LogP contribution in [0.3, 0.4) is 0 Å². The van der Waals surface area contributed by atoms with E-state index in [2.05, 4.69) is 5.32 Å². The monoisotopic (exact) mass is 282 g/mol. The number of hydrogen-bond acceptors (Lipinski definition) is 3. The Kier molecular flexibility index (Phi) is 4.42. The number of nitriles is 1. The topological polar surface area (TPSA) is 70.0 Å². The first-order valence-corrected chi connectivity index (χ1v) is 6.18. The average Bonchev–Trinajstić information content (AvgIpc) is 2.49. The van der Waals surface area contributed by atoms with E-state index < -0.39 is 17.5 Å². The van der Waals surface area contributed by atoms with E-state index in [-0.39, 0.29) is 17.7 Å². The standard InChI is InChI=1S/C16H11FN2O2/c17-12-6-7-14(19-15(20)8-9-18)13(10-12)16(21)11-4-2-1-3-5-11/h1-7,10H,8H2,(H,19,20). The molecule has 104 valence electrons. The first-order valence-electron chi connectivity index (χ1n) is 6.18. The number of nitrogens with zero attached hydrogens (tertiary/aromatic N) is 1. The molecular weight excluding hydrogens is 271 g/mol. The highest BCUT2D eigenvalue weighted by Crippen LogP contribution is 2.21. The first-order chi connectivity index (χ1) is 10.1. The second-order valence-electron chi connectivity index (χ2n) is 4.27. The van der Waals surface area contributed by atoms with Gasteiger partial charge in [-0.2, -0.15) is 5.26 Å². The summed E-state index contributed by atoms with van der Waals surface area (Å²) in [6.07, 6.45) is -0.337. The summed E-state index contributed by atoms with van der Waals surface area (Å²) in [5, 5.41) is 10.9. The third kappa shape index (κ3) is 3.51. The molecule has 21 heavy (non-hydrogen) atoms. The Morgan fingerprint density at radius 1 is 1.14 bits per heavy atom.